The van der Waals surface area contributed by atoms with Crippen LogP contribution >= 0.6 is 26.6 Å². The quantitative estimate of drug-likeness (QED) is 0.782. The molecule has 19 heavy (non-hydrogen) atoms. The topological polar surface area (TPSA) is 64.8 Å². The van der Waals surface area contributed by atoms with E-state index in [-0.39, 0.29) is 11.0 Å². The lowest BCUT2D eigenvalue weighted by Crippen LogP contribution is -2.06. The van der Waals surface area contributed by atoms with Crippen LogP contribution in [0.15, 0.2) is 27.8 Å². The Morgan fingerprint density at radius 3 is 2.63 bits per heavy atom. The van der Waals surface area contributed by atoms with Gasteiger partial charge in [-0.3, -0.25) is 4.57 Å². The average Bonchev–Trinajstić information content (AvgIpc) is 2.76. The van der Waals surface area contributed by atoms with E-state index in [2.05, 4.69) is 26.1 Å². The van der Waals surface area contributed by atoms with Gasteiger partial charge in [-0.15, -0.1) is 10.2 Å². The third-order valence-electron chi connectivity index (χ3n) is 2.43. The van der Waals surface area contributed by atoms with Crippen LogP contribution in [0.1, 0.15) is 6.92 Å². The molecule has 1 aromatic carbocycles. The van der Waals surface area contributed by atoms with Crippen molar-refractivity contribution in [3.05, 3.63) is 28.5 Å². The van der Waals surface area contributed by atoms with Gasteiger partial charge in [0, 0.05) is 22.8 Å². The number of hydrogen-bond donors (Lipinski definition) is 0. The van der Waals surface area contributed by atoms with Crippen LogP contribution in [-0.4, -0.2) is 23.2 Å². The van der Waals surface area contributed by atoms with Gasteiger partial charge >= 0.3 is 0 Å². The molecule has 0 radical (unpaired) electrons. The van der Waals surface area contributed by atoms with Crippen LogP contribution in [0.25, 0.3) is 11.4 Å². The van der Waals surface area contributed by atoms with Crippen LogP contribution < -0.4 is 0 Å². The molecular weight excluding hydrogens is 361 g/mol. The highest BCUT2D eigenvalue weighted by Crippen LogP contribution is 2.25. The minimum atomic E-state index is -3.99. The molecule has 0 saturated heterocycles. The Bertz CT molecular complexity index is 732. The molecular formula is C10H8BrClFN3O2S. The van der Waals surface area contributed by atoms with Crippen molar-refractivity contribution in [3.63, 3.8) is 0 Å². The number of nitrogens with zero attached hydrogens (tertiary/aromatic N) is 3. The van der Waals surface area contributed by atoms with Crippen molar-refractivity contribution in [2.45, 2.75) is 18.6 Å². The molecule has 2 rings (SSSR count). The highest BCUT2D eigenvalue weighted by molar-refractivity contribution is 9.10. The maximum absolute atomic E-state index is 13.5. The fourth-order valence-corrected chi connectivity index (χ4v) is 2.81. The van der Waals surface area contributed by atoms with E-state index >= 15 is 0 Å². The van der Waals surface area contributed by atoms with Gasteiger partial charge in [-0.2, -0.15) is 0 Å². The number of hydrogen-bond acceptors (Lipinski definition) is 4. The fraction of sp³-hybridized carbons (Fsp3) is 0.200. The molecule has 9 heteroatoms. The minimum absolute atomic E-state index is 0.244. The van der Waals surface area contributed by atoms with Gasteiger partial charge in [0.25, 0.3) is 14.2 Å². The lowest BCUT2D eigenvalue weighted by atomic mass is 10.2. The molecule has 0 amide bonds. The zero-order valence-electron chi connectivity index (χ0n) is 9.64. The Morgan fingerprint density at radius 2 is 2.11 bits per heavy atom. The van der Waals surface area contributed by atoms with Crippen molar-refractivity contribution >= 4 is 35.7 Å². The SMILES string of the molecule is CCn1c(-c2ccc(Br)c(F)c2)nnc1S(=O)(=O)Cl. The van der Waals surface area contributed by atoms with Crippen LogP contribution in [0.3, 0.4) is 0 Å². The van der Waals surface area contributed by atoms with Crippen LogP contribution in [0.4, 0.5) is 4.39 Å². The zero-order valence-corrected chi connectivity index (χ0v) is 12.8. The summed E-state index contributed by atoms with van der Waals surface area (Å²) in [7, 11) is 1.27. The second-order valence-electron chi connectivity index (χ2n) is 3.62. The first-order valence-corrected chi connectivity index (χ1v) is 8.28. The smallest absolute Gasteiger partial charge is 0.296 e. The first-order chi connectivity index (χ1) is 8.84. The van der Waals surface area contributed by atoms with Crippen molar-refractivity contribution in [1.82, 2.24) is 14.8 Å². The number of benzene rings is 1. The molecule has 0 unspecified atom stereocenters. The van der Waals surface area contributed by atoms with Crippen molar-refractivity contribution in [3.8, 4) is 11.4 Å². The minimum Gasteiger partial charge on any atom is -0.297 e. The maximum Gasteiger partial charge on any atom is 0.296 e. The summed E-state index contributed by atoms with van der Waals surface area (Å²) >= 11 is 3.04. The predicted octanol–water partition coefficient (Wildman–Crippen LogP) is 2.79. The summed E-state index contributed by atoms with van der Waals surface area (Å²) in [5.74, 6) is -0.230. The van der Waals surface area contributed by atoms with Gasteiger partial charge in [-0.1, -0.05) is 0 Å². The van der Waals surface area contributed by atoms with Crippen molar-refractivity contribution < 1.29 is 12.8 Å². The van der Waals surface area contributed by atoms with Crippen LogP contribution in [-0.2, 0) is 15.6 Å². The molecule has 1 heterocycles. The molecule has 0 spiro atoms. The molecule has 0 fully saturated rings. The van der Waals surface area contributed by atoms with E-state index in [9.17, 15) is 12.8 Å². The van der Waals surface area contributed by atoms with Gasteiger partial charge in [0.05, 0.1) is 4.47 Å². The largest absolute Gasteiger partial charge is 0.297 e. The lowest BCUT2D eigenvalue weighted by molar-refractivity contribution is 0.582. The van der Waals surface area contributed by atoms with Crippen LogP contribution in [0, 0.1) is 5.82 Å². The number of aromatic nitrogens is 3. The van der Waals surface area contributed by atoms with Gasteiger partial charge in [0.1, 0.15) is 5.82 Å². The Labute approximate surface area is 122 Å². The molecule has 1 aromatic heterocycles. The third-order valence-corrected chi connectivity index (χ3v) is 4.22. The summed E-state index contributed by atoms with van der Waals surface area (Å²) in [6.45, 7) is 2.01. The Hall–Kier alpha value is -0.990. The van der Waals surface area contributed by atoms with E-state index in [4.69, 9.17) is 10.7 Å². The Kier molecular flexibility index (Phi) is 3.93. The first kappa shape index (κ1) is 14.4. The fourth-order valence-electron chi connectivity index (χ4n) is 1.60. The summed E-state index contributed by atoms with van der Waals surface area (Å²) in [4.78, 5) is 0. The van der Waals surface area contributed by atoms with Gasteiger partial charge < -0.3 is 0 Å². The second-order valence-corrected chi connectivity index (χ2v) is 6.93. The predicted molar refractivity (Wildman–Crippen MR) is 71.8 cm³/mol. The molecule has 102 valence electrons. The summed E-state index contributed by atoms with van der Waals surface area (Å²) in [5.41, 5.74) is 0.418. The van der Waals surface area contributed by atoms with E-state index in [1.807, 2.05) is 0 Å². The summed E-state index contributed by atoms with van der Waals surface area (Å²) in [6, 6.07) is 4.35. The monoisotopic (exact) mass is 367 g/mol. The summed E-state index contributed by atoms with van der Waals surface area (Å²) in [6.07, 6.45) is 0. The molecule has 2 aromatic rings. The van der Waals surface area contributed by atoms with E-state index in [1.54, 1.807) is 13.0 Å². The van der Waals surface area contributed by atoms with Crippen LogP contribution in [0.2, 0.25) is 0 Å². The van der Waals surface area contributed by atoms with Gasteiger partial charge in [-0.25, -0.2) is 12.8 Å². The molecule has 0 aliphatic carbocycles. The number of halogens is 3. The zero-order chi connectivity index (χ0) is 14.2. The van der Waals surface area contributed by atoms with Crippen molar-refractivity contribution in [2.24, 2.45) is 0 Å². The summed E-state index contributed by atoms with van der Waals surface area (Å²) < 4.78 is 37.8. The van der Waals surface area contributed by atoms with E-state index in [1.165, 1.54) is 16.7 Å². The van der Waals surface area contributed by atoms with Crippen molar-refractivity contribution in [2.75, 3.05) is 0 Å². The van der Waals surface area contributed by atoms with Gasteiger partial charge in [-0.05, 0) is 41.1 Å². The van der Waals surface area contributed by atoms with Gasteiger partial charge in [0.2, 0.25) is 0 Å². The molecule has 0 aliphatic heterocycles. The molecule has 0 saturated carbocycles. The molecule has 0 bridgehead atoms. The van der Waals surface area contributed by atoms with E-state index in [0.717, 1.165) is 0 Å². The summed E-state index contributed by atoms with van der Waals surface area (Å²) in [5, 5.41) is 6.96. The maximum atomic E-state index is 13.5. The standard InChI is InChI=1S/C10H8BrClFN3O2S/c1-2-16-9(14-15-10(16)19(12,17)18)6-3-4-7(11)8(13)5-6/h3-5H,2H2,1H3. The lowest BCUT2D eigenvalue weighted by Gasteiger charge is -2.06. The van der Waals surface area contributed by atoms with E-state index < -0.39 is 14.9 Å². The highest BCUT2D eigenvalue weighted by Gasteiger charge is 2.22. The first-order valence-electron chi connectivity index (χ1n) is 5.18. The van der Waals surface area contributed by atoms with E-state index in [0.29, 0.717) is 16.6 Å². The third kappa shape index (κ3) is 2.80. The highest BCUT2D eigenvalue weighted by atomic mass is 79.9. The second kappa shape index (κ2) is 5.18. The van der Waals surface area contributed by atoms with Crippen molar-refractivity contribution in [1.29, 1.82) is 0 Å². The Balaban J connectivity index is 2.63. The molecule has 0 atom stereocenters. The Morgan fingerprint density at radius 1 is 1.42 bits per heavy atom. The number of rotatable bonds is 3. The van der Waals surface area contributed by atoms with Gasteiger partial charge in [0.15, 0.2) is 5.82 Å². The molecule has 5 nitrogen and oxygen atoms in total. The van der Waals surface area contributed by atoms with Crippen LogP contribution in [0.5, 0.6) is 0 Å². The normalized spacial score (nSPS) is 11.8. The average molecular weight is 369 g/mol. The molecule has 0 aliphatic rings. The molecule has 0 N–H and O–H groups in total.